The molecule has 1 aliphatic rings. The van der Waals surface area contributed by atoms with Crippen molar-refractivity contribution in [1.82, 2.24) is 19.6 Å². The van der Waals surface area contributed by atoms with Crippen LogP contribution >= 0.6 is 11.6 Å². The first-order valence-corrected chi connectivity index (χ1v) is 5.84. The Bertz CT molecular complexity index is 542. The number of anilines is 1. The second-order valence-corrected chi connectivity index (χ2v) is 4.39. The van der Waals surface area contributed by atoms with Crippen molar-refractivity contribution < 1.29 is 4.74 Å². The molecule has 1 unspecified atom stereocenters. The average Bonchev–Trinajstić information content (AvgIpc) is 2.81. The quantitative estimate of drug-likeness (QED) is 0.710. The van der Waals surface area contributed by atoms with E-state index in [0.29, 0.717) is 24.5 Å². The molecule has 0 aliphatic carbocycles. The molecule has 0 radical (unpaired) electrons. The van der Waals surface area contributed by atoms with Crippen molar-refractivity contribution in [2.45, 2.75) is 13.0 Å². The number of fused-ring (bicyclic) bond motifs is 1. The molecule has 0 amide bonds. The van der Waals surface area contributed by atoms with E-state index >= 15 is 0 Å². The third-order valence-corrected chi connectivity index (χ3v) is 3.23. The highest BCUT2D eigenvalue weighted by atomic mass is 35.5. The fraction of sp³-hybridized carbons (Fsp3) is 0.500. The molecule has 1 saturated heterocycles. The highest BCUT2D eigenvalue weighted by molar-refractivity contribution is 6.28. The van der Waals surface area contributed by atoms with E-state index in [0.717, 1.165) is 17.9 Å². The maximum Gasteiger partial charge on any atom is 0.209 e. The molecule has 1 fully saturated rings. The third kappa shape index (κ3) is 1.73. The fourth-order valence-electron chi connectivity index (χ4n) is 2.07. The van der Waals surface area contributed by atoms with E-state index in [1.165, 1.54) is 0 Å². The molecule has 6 nitrogen and oxygen atoms in total. The minimum absolute atomic E-state index is 0.298. The van der Waals surface area contributed by atoms with Crippen molar-refractivity contribution in [3.63, 3.8) is 0 Å². The first-order chi connectivity index (χ1) is 8.27. The lowest BCUT2D eigenvalue weighted by Crippen LogP contribution is -2.44. The summed E-state index contributed by atoms with van der Waals surface area (Å²) in [5, 5.41) is 8.34. The molecule has 0 saturated carbocycles. The summed E-state index contributed by atoms with van der Waals surface area (Å²) in [7, 11) is 0. The van der Waals surface area contributed by atoms with Crippen molar-refractivity contribution in [2.75, 3.05) is 24.7 Å². The topological polar surface area (TPSA) is 55.5 Å². The second kappa shape index (κ2) is 4.12. The van der Waals surface area contributed by atoms with Crippen LogP contribution in [-0.2, 0) is 4.74 Å². The zero-order valence-electron chi connectivity index (χ0n) is 9.38. The van der Waals surface area contributed by atoms with E-state index in [9.17, 15) is 0 Å². The van der Waals surface area contributed by atoms with Crippen LogP contribution in [0.2, 0.25) is 5.28 Å². The van der Waals surface area contributed by atoms with Crippen molar-refractivity contribution in [2.24, 2.45) is 0 Å². The average molecular weight is 254 g/mol. The smallest absolute Gasteiger partial charge is 0.209 e. The number of aromatic nitrogens is 4. The van der Waals surface area contributed by atoms with Gasteiger partial charge in [-0.3, -0.25) is 4.40 Å². The monoisotopic (exact) mass is 253 g/mol. The summed E-state index contributed by atoms with van der Waals surface area (Å²) in [6, 6.07) is 0.298. The predicted octanol–water partition coefficient (Wildman–Crippen LogP) is 1.00. The van der Waals surface area contributed by atoms with Crippen LogP contribution in [0.5, 0.6) is 0 Å². The molecule has 7 heteroatoms. The third-order valence-electron chi connectivity index (χ3n) is 2.95. The van der Waals surface area contributed by atoms with Gasteiger partial charge in [0.1, 0.15) is 12.0 Å². The Morgan fingerprint density at radius 1 is 1.53 bits per heavy atom. The Balaban J connectivity index is 2.10. The summed E-state index contributed by atoms with van der Waals surface area (Å²) in [6.45, 7) is 4.36. The first-order valence-electron chi connectivity index (χ1n) is 5.46. The van der Waals surface area contributed by atoms with Crippen LogP contribution in [0, 0.1) is 0 Å². The number of halogens is 1. The lowest BCUT2D eigenvalue weighted by Gasteiger charge is -2.34. The number of hydrogen-bond acceptors (Lipinski definition) is 5. The van der Waals surface area contributed by atoms with Crippen molar-refractivity contribution in [3.8, 4) is 0 Å². The molecule has 90 valence electrons. The molecular weight excluding hydrogens is 242 g/mol. The molecule has 0 aromatic carbocycles. The van der Waals surface area contributed by atoms with Crippen LogP contribution in [0.15, 0.2) is 12.5 Å². The number of morpholine rings is 1. The molecule has 2 aromatic rings. The van der Waals surface area contributed by atoms with Gasteiger partial charge in [-0.2, -0.15) is 0 Å². The maximum atomic E-state index is 5.97. The Kier molecular flexibility index (Phi) is 2.60. The fourth-order valence-corrected chi connectivity index (χ4v) is 2.24. The highest BCUT2D eigenvalue weighted by Crippen LogP contribution is 2.24. The van der Waals surface area contributed by atoms with Gasteiger partial charge in [0, 0.05) is 12.6 Å². The predicted molar refractivity (Wildman–Crippen MR) is 63.4 cm³/mol. The van der Waals surface area contributed by atoms with Gasteiger partial charge in [0.15, 0.2) is 5.65 Å². The number of ether oxygens (including phenoxy) is 1. The van der Waals surface area contributed by atoms with Gasteiger partial charge in [0.25, 0.3) is 0 Å². The van der Waals surface area contributed by atoms with Gasteiger partial charge in [0.05, 0.1) is 19.4 Å². The summed E-state index contributed by atoms with van der Waals surface area (Å²) in [5.74, 6) is 0. The minimum atomic E-state index is 0.298. The van der Waals surface area contributed by atoms with Crippen LogP contribution in [0.3, 0.4) is 0 Å². The van der Waals surface area contributed by atoms with Crippen molar-refractivity contribution in [1.29, 1.82) is 0 Å². The molecule has 2 aromatic heterocycles. The van der Waals surface area contributed by atoms with E-state index in [-0.39, 0.29) is 0 Å². The van der Waals surface area contributed by atoms with Crippen LogP contribution < -0.4 is 4.90 Å². The van der Waals surface area contributed by atoms with E-state index < -0.39 is 0 Å². The van der Waals surface area contributed by atoms with E-state index in [1.54, 1.807) is 16.9 Å². The zero-order valence-corrected chi connectivity index (χ0v) is 10.1. The molecule has 3 rings (SSSR count). The molecule has 1 aliphatic heterocycles. The van der Waals surface area contributed by atoms with Crippen LogP contribution in [-0.4, -0.2) is 45.4 Å². The lowest BCUT2D eigenvalue weighted by molar-refractivity contribution is 0.0990. The Labute approximate surface area is 103 Å². The first kappa shape index (κ1) is 10.7. The number of rotatable bonds is 1. The summed E-state index contributed by atoms with van der Waals surface area (Å²) in [6.07, 6.45) is 3.31. The summed E-state index contributed by atoms with van der Waals surface area (Å²) >= 11 is 5.97. The molecule has 1 atom stereocenters. The van der Waals surface area contributed by atoms with Crippen molar-refractivity contribution in [3.05, 3.63) is 17.8 Å². The Morgan fingerprint density at radius 3 is 3.24 bits per heavy atom. The standard InChI is InChI=1S/C10H12ClN5O/c1-7-5-17-3-2-15(7)8-4-12-10(11)16-6-13-14-9(8)16/h4,6-7H,2-3,5H2,1H3. The molecule has 0 spiro atoms. The normalized spacial score (nSPS) is 21.1. The van der Waals surface area contributed by atoms with Gasteiger partial charge in [-0.1, -0.05) is 0 Å². The number of hydrogen-bond donors (Lipinski definition) is 0. The molecular formula is C10H12ClN5O. The SMILES string of the molecule is CC1COCCN1c1cnc(Cl)n2cnnc12. The summed E-state index contributed by atoms with van der Waals surface area (Å²) in [4.78, 5) is 6.37. The largest absolute Gasteiger partial charge is 0.377 e. The molecule has 17 heavy (non-hydrogen) atoms. The van der Waals surface area contributed by atoms with Crippen LogP contribution in [0.4, 0.5) is 5.69 Å². The highest BCUT2D eigenvalue weighted by Gasteiger charge is 2.22. The molecule has 0 bridgehead atoms. The number of nitrogens with zero attached hydrogens (tertiary/aromatic N) is 5. The van der Waals surface area contributed by atoms with Gasteiger partial charge in [-0.15, -0.1) is 10.2 Å². The van der Waals surface area contributed by atoms with Crippen LogP contribution in [0.25, 0.3) is 5.65 Å². The molecule has 0 N–H and O–H groups in total. The second-order valence-electron chi connectivity index (χ2n) is 4.05. The van der Waals surface area contributed by atoms with E-state index in [4.69, 9.17) is 16.3 Å². The van der Waals surface area contributed by atoms with Gasteiger partial charge < -0.3 is 9.64 Å². The maximum absolute atomic E-state index is 5.97. The Hall–Kier alpha value is -1.40. The Morgan fingerprint density at radius 2 is 2.41 bits per heavy atom. The van der Waals surface area contributed by atoms with E-state index in [1.807, 2.05) is 0 Å². The van der Waals surface area contributed by atoms with Gasteiger partial charge in [0.2, 0.25) is 5.28 Å². The lowest BCUT2D eigenvalue weighted by atomic mass is 10.2. The van der Waals surface area contributed by atoms with E-state index in [2.05, 4.69) is 27.0 Å². The summed E-state index contributed by atoms with van der Waals surface area (Å²) < 4.78 is 7.10. The van der Waals surface area contributed by atoms with Gasteiger partial charge >= 0.3 is 0 Å². The van der Waals surface area contributed by atoms with Gasteiger partial charge in [-0.05, 0) is 18.5 Å². The summed E-state index contributed by atoms with van der Waals surface area (Å²) in [5.41, 5.74) is 1.68. The zero-order chi connectivity index (χ0) is 11.8. The molecule has 3 heterocycles. The van der Waals surface area contributed by atoms with Crippen molar-refractivity contribution >= 4 is 22.9 Å². The van der Waals surface area contributed by atoms with Gasteiger partial charge in [-0.25, -0.2) is 4.98 Å². The minimum Gasteiger partial charge on any atom is -0.377 e. The van der Waals surface area contributed by atoms with Crippen LogP contribution in [0.1, 0.15) is 6.92 Å².